The van der Waals surface area contributed by atoms with E-state index in [0.29, 0.717) is 5.17 Å². The van der Waals surface area contributed by atoms with Crippen molar-refractivity contribution in [3.63, 3.8) is 0 Å². The highest BCUT2D eigenvalue weighted by molar-refractivity contribution is 8.14. The maximum atomic E-state index is 13.0. The number of hydrogen-bond donors (Lipinski definition) is 1. The van der Waals surface area contributed by atoms with E-state index in [1.807, 2.05) is 31.2 Å². The molecule has 0 aliphatic carbocycles. The minimum absolute atomic E-state index is 0.0710. The maximum Gasteiger partial charge on any atom is 0.328 e. The standard InChI is InChI=1S/C17H21N5O3S/c1-10-4-6-11(7-5-10)8-22-15(24)13-14(21(3)17(22)25)19-16(20(13)2)26-9-12(18)23/h4-7,13-14H,8-9H2,1-3H3,(H2,18,23). The molecule has 0 radical (unpaired) electrons. The van der Waals surface area contributed by atoms with Gasteiger partial charge in [-0.15, -0.1) is 0 Å². The highest BCUT2D eigenvalue weighted by atomic mass is 32.2. The number of urea groups is 1. The van der Waals surface area contributed by atoms with Gasteiger partial charge in [0.05, 0.1) is 12.3 Å². The van der Waals surface area contributed by atoms with Gasteiger partial charge in [-0.1, -0.05) is 41.6 Å². The molecule has 0 aromatic heterocycles. The third kappa shape index (κ3) is 3.26. The van der Waals surface area contributed by atoms with Crippen LogP contribution in [0.4, 0.5) is 4.79 Å². The first-order chi connectivity index (χ1) is 12.3. The third-order valence-electron chi connectivity index (χ3n) is 4.50. The Hall–Kier alpha value is -2.55. The summed E-state index contributed by atoms with van der Waals surface area (Å²) < 4.78 is 0. The largest absolute Gasteiger partial charge is 0.369 e. The Morgan fingerprint density at radius 1 is 1.19 bits per heavy atom. The molecule has 2 unspecified atom stereocenters. The van der Waals surface area contributed by atoms with E-state index in [2.05, 4.69) is 4.99 Å². The summed E-state index contributed by atoms with van der Waals surface area (Å²) in [6.45, 7) is 2.19. The van der Waals surface area contributed by atoms with E-state index >= 15 is 0 Å². The molecule has 138 valence electrons. The minimum Gasteiger partial charge on any atom is -0.369 e. The first-order valence-corrected chi connectivity index (χ1v) is 9.13. The number of imide groups is 1. The Labute approximate surface area is 156 Å². The Kier molecular flexibility index (Phi) is 4.90. The number of carbonyl (C=O) groups excluding carboxylic acids is 3. The van der Waals surface area contributed by atoms with Crippen LogP contribution in [0.2, 0.25) is 0 Å². The number of primary amides is 1. The first kappa shape index (κ1) is 18.2. The zero-order chi connectivity index (χ0) is 19.0. The van der Waals surface area contributed by atoms with Crippen LogP contribution in [0.1, 0.15) is 11.1 Å². The van der Waals surface area contributed by atoms with Crippen molar-refractivity contribution in [1.82, 2.24) is 14.7 Å². The molecular weight excluding hydrogens is 354 g/mol. The van der Waals surface area contributed by atoms with E-state index in [9.17, 15) is 14.4 Å². The van der Waals surface area contributed by atoms with Gasteiger partial charge in [-0.05, 0) is 12.5 Å². The van der Waals surface area contributed by atoms with E-state index < -0.39 is 18.1 Å². The van der Waals surface area contributed by atoms with Crippen molar-refractivity contribution < 1.29 is 14.4 Å². The molecule has 0 saturated carbocycles. The molecule has 3 rings (SSSR count). The number of hydrogen-bond acceptors (Lipinski definition) is 6. The summed E-state index contributed by atoms with van der Waals surface area (Å²) in [5, 5.41) is 0.531. The van der Waals surface area contributed by atoms with E-state index in [0.717, 1.165) is 11.1 Å². The number of fused-ring (bicyclic) bond motifs is 1. The molecule has 2 aliphatic heterocycles. The Morgan fingerprint density at radius 3 is 2.46 bits per heavy atom. The van der Waals surface area contributed by atoms with Crippen molar-refractivity contribution in [1.29, 1.82) is 0 Å². The fraction of sp³-hybridized carbons (Fsp3) is 0.412. The number of rotatable bonds is 4. The summed E-state index contributed by atoms with van der Waals surface area (Å²) in [6.07, 6.45) is -0.593. The Balaban J connectivity index is 1.81. The van der Waals surface area contributed by atoms with Crippen LogP contribution in [0.25, 0.3) is 0 Å². The van der Waals surface area contributed by atoms with Gasteiger partial charge in [0.1, 0.15) is 0 Å². The molecule has 1 fully saturated rings. The molecule has 26 heavy (non-hydrogen) atoms. The lowest BCUT2D eigenvalue weighted by molar-refractivity contribution is -0.137. The second kappa shape index (κ2) is 6.99. The zero-order valence-corrected chi connectivity index (χ0v) is 15.7. The lowest BCUT2D eigenvalue weighted by Crippen LogP contribution is -2.64. The molecule has 2 aliphatic rings. The van der Waals surface area contributed by atoms with Crippen molar-refractivity contribution in [3.05, 3.63) is 35.4 Å². The summed E-state index contributed by atoms with van der Waals surface area (Å²) in [5.74, 6) is -0.681. The van der Waals surface area contributed by atoms with Crippen molar-refractivity contribution in [3.8, 4) is 0 Å². The predicted octanol–water partition coefficient (Wildman–Crippen LogP) is 0.604. The number of amides is 4. The number of carbonyl (C=O) groups is 3. The summed E-state index contributed by atoms with van der Waals surface area (Å²) >= 11 is 1.17. The van der Waals surface area contributed by atoms with Gasteiger partial charge in [-0.25, -0.2) is 9.79 Å². The Bertz CT molecular complexity index is 779. The van der Waals surface area contributed by atoms with Gasteiger partial charge in [-0.2, -0.15) is 0 Å². The minimum atomic E-state index is -0.599. The fourth-order valence-corrected chi connectivity index (χ4v) is 3.81. The molecule has 1 aromatic carbocycles. The normalized spacial score (nSPS) is 22.6. The van der Waals surface area contributed by atoms with Crippen LogP contribution in [0.15, 0.2) is 29.3 Å². The number of amidine groups is 1. The molecule has 2 heterocycles. The maximum absolute atomic E-state index is 13.0. The van der Waals surface area contributed by atoms with Crippen LogP contribution in [0, 0.1) is 6.92 Å². The highest BCUT2D eigenvalue weighted by Crippen LogP contribution is 2.30. The number of benzene rings is 1. The number of nitrogens with two attached hydrogens (primary N) is 1. The summed E-state index contributed by atoms with van der Waals surface area (Å²) in [4.78, 5) is 45.6. The van der Waals surface area contributed by atoms with E-state index in [1.165, 1.54) is 21.6 Å². The second-order valence-corrected chi connectivity index (χ2v) is 7.38. The molecule has 1 aromatic rings. The fourth-order valence-electron chi connectivity index (χ4n) is 3.04. The van der Waals surface area contributed by atoms with Crippen molar-refractivity contribution in [2.75, 3.05) is 19.8 Å². The van der Waals surface area contributed by atoms with Crippen LogP contribution < -0.4 is 5.73 Å². The van der Waals surface area contributed by atoms with Gasteiger partial charge in [0.2, 0.25) is 5.91 Å². The second-order valence-electron chi connectivity index (χ2n) is 6.44. The lowest BCUT2D eigenvalue weighted by Gasteiger charge is -2.40. The SMILES string of the molecule is Cc1ccc(CN2C(=O)C3C(N=C(SCC(N)=O)N3C)N(C)C2=O)cc1. The van der Waals surface area contributed by atoms with Crippen LogP contribution in [0.5, 0.6) is 0 Å². The van der Waals surface area contributed by atoms with Crippen LogP contribution in [-0.4, -0.2) is 69.8 Å². The highest BCUT2D eigenvalue weighted by Gasteiger charge is 2.50. The van der Waals surface area contributed by atoms with Gasteiger partial charge < -0.3 is 15.5 Å². The summed E-state index contributed by atoms with van der Waals surface area (Å²) in [5.41, 5.74) is 7.18. The van der Waals surface area contributed by atoms with Gasteiger partial charge in [0, 0.05) is 14.1 Å². The lowest BCUT2D eigenvalue weighted by atomic mass is 10.1. The molecule has 9 heteroatoms. The topological polar surface area (TPSA) is 99.3 Å². The molecule has 8 nitrogen and oxygen atoms in total. The van der Waals surface area contributed by atoms with E-state index in [1.54, 1.807) is 19.0 Å². The molecule has 4 amide bonds. The molecule has 0 bridgehead atoms. The van der Waals surface area contributed by atoms with Gasteiger partial charge in [-0.3, -0.25) is 14.5 Å². The van der Waals surface area contributed by atoms with Crippen molar-refractivity contribution >= 4 is 34.8 Å². The van der Waals surface area contributed by atoms with E-state index in [-0.39, 0.29) is 24.2 Å². The van der Waals surface area contributed by atoms with Crippen LogP contribution in [-0.2, 0) is 16.1 Å². The summed E-state index contributed by atoms with van der Waals surface area (Å²) in [7, 11) is 3.37. The van der Waals surface area contributed by atoms with Crippen LogP contribution >= 0.6 is 11.8 Å². The molecule has 2 atom stereocenters. The van der Waals surface area contributed by atoms with Crippen molar-refractivity contribution in [2.24, 2.45) is 10.7 Å². The number of nitrogens with zero attached hydrogens (tertiary/aromatic N) is 4. The van der Waals surface area contributed by atoms with Gasteiger partial charge >= 0.3 is 6.03 Å². The van der Waals surface area contributed by atoms with Crippen molar-refractivity contribution in [2.45, 2.75) is 25.7 Å². The Morgan fingerprint density at radius 2 is 1.85 bits per heavy atom. The monoisotopic (exact) mass is 375 g/mol. The average Bonchev–Trinajstić information content (AvgIpc) is 2.93. The zero-order valence-electron chi connectivity index (χ0n) is 14.9. The number of thioether (sulfide) groups is 1. The molecule has 1 saturated heterocycles. The summed E-state index contributed by atoms with van der Waals surface area (Å²) in [6, 6.07) is 6.73. The molecular formula is C17H21N5O3S. The number of aryl methyl sites for hydroxylation is 1. The average molecular weight is 375 g/mol. The molecule has 0 spiro atoms. The quantitative estimate of drug-likeness (QED) is 0.831. The van der Waals surface area contributed by atoms with E-state index in [4.69, 9.17) is 5.73 Å². The first-order valence-electron chi connectivity index (χ1n) is 8.15. The third-order valence-corrected chi connectivity index (χ3v) is 5.58. The smallest absolute Gasteiger partial charge is 0.328 e. The predicted molar refractivity (Wildman–Crippen MR) is 99.3 cm³/mol. The number of likely N-dealkylation sites (N-methyl/N-ethyl adjacent to an activating group) is 2. The number of aliphatic imine (C=N–C) groups is 1. The van der Waals surface area contributed by atoms with Gasteiger partial charge in [0.25, 0.3) is 5.91 Å². The molecule has 2 N–H and O–H groups in total. The van der Waals surface area contributed by atoms with Crippen LogP contribution in [0.3, 0.4) is 0 Å². The van der Waals surface area contributed by atoms with Gasteiger partial charge in [0.15, 0.2) is 17.4 Å².